The number of benzene rings is 2. The summed E-state index contributed by atoms with van der Waals surface area (Å²) in [6, 6.07) is 14.3. The van der Waals surface area contributed by atoms with Crippen molar-refractivity contribution in [2.24, 2.45) is 0 Å². The van der Waals surface area contributed by atoms with E-state index < -0.39 is 10.0 Å². The SMILES string of the molecule is O=C1OCc2ccccc2N1C1CCN(S(=O)(=O)c2cccc(Br)c2)CC1. The average molecular weight is 451 g/mol. The van der Waals surface area contributed by atoms with Crippen LogP contribution >= 0.6 is 15.9 Å². The molecule has 142 valence electrons. The molecule has 8 heteroatoms. The van der Waals surface area contributed by atoms with Crippen LogP contribution in [0, 0.1) is 0 Å². The number of halogens is 1. The van der Waals surface area contributed by atoms with Crippen LogP contribution < -0.4 is 4.90 Å². The molecule has 0 saturated carbocycles. The first kappa shape index (κ1) is 18.5. The van der Waals surface area contributed by atoms with Crippen molar-refractivity contribution < 1.29 is 17.9 Å². The number of carbonyl (C=O) groups excluding carboxylic acids is 1. The van der Waals surface area contributed by atoms with E-state index >= 15 is 0 Å². The van der Waals surface area contributed by atoms with Crippen LogP contribution in [0.2, 0.25) is 0 Å². The van der Waals surface area contributed by atoms with E-state index in [1.807, 2.05) is 24.3 Å². The first-order valence-electron chi connectivity index (χ1n) is 8.76. The summed E-state index contributed by atoms with van der Waals surface area (Å²) in [6.45, 7) is 1.01. The van der Waals surface area contributed by atoms with Gasteiger partial charge in [-0.15, -0.1) is 0 Å². The van der Waals surface area contributed by atoms with Crippen LogP contribution in [0.25, 0.3) is 0 Å². The number of ether oxygens (including phenoxy) is 1. The number of piperidine rings is 1. The number of para-hydroxylation sites is 1. The number of anilines is 1. The van der Waals surface area contributed by atoms with E-state index in [-0.39, 0.29) is 23.6 Å². The van der Waals surface area contributed by atoms with Crippen molar-refractivity contribution in [3.63, 3.8) is 0 Å². The van der Waals surface area contributed by atoms with E-state index in [1.165, 1.54) is 4.31 Å². The minimum Gasteiger partial charge on any atom is -0.444 e. The molecule has 0 radical (unpaired) electrons. The molecule has 2 aromatic rings. The Labute approximate surface area is 166 Å². The highest BCUT2D eigenvalue weighted by molar-refractivity contribution is 9.10. The Balaban J connectivity index is 1.52. The number of rotatable bonds is 3. The van der Waals surface area contributed by atoms with Gasteiger partial charge in [-0.2, -0.15) is 4.31 Å². The first-order valence-corrected chi connectivity index (χ1v) is 11.0. The summed E-state index contributed by atoms with van der Waals surface area (Å²) in [6.07, 6.45) is 0.773. The molecule has 6 nitrogen and oxygen atoms in total. The smallest absolute Gasteiger partial charge is 0.414 e. The van der Waals surface area contributed by atoms with Gasteiger partial charge in [-0.05, 0) is 37.1 Å². The van der Waals surface area contributed by atoms with E-state index in [9.17, 15) is 13.2 Å². The average Bonchev–Trinajstić information content (AvgIpc) is 2.68. The number of nitrogens with zero attached hydrogens (tertiary/aromatic N) is 2. The summed E-state index contributed by atoms with van der Waals surface area (Å²) >= 11 is 3.32. The van der Waals surface area contributed by atoms with Gasteiger partial charge >= 0.3 is 6.09 Å². The highest BCUT2D eigenvalue weighted by Gasteiger charge is 2.36. The first-order chi connectivity index (χ1) is 13.0. The number of amides is 1. The number of sulfonamides is 1. The fraction of sp³-hybridized carbons (Fsp3) is 0.316. The third kappa shape index (κ3) is 3.49. The van der Waals surface area contributed by atoms with E-state index in [4.69, 9.17) is 4.74 Å². The second-order valence-electron chi connectivity index (χ2n) is 6.65. The van der Waals surface area contributed by atoms with E-state index in [0.29, 0.717) is 25.9 Å². The monoisotopic (exact) mass is 450 g/mol. The molecule has 0 atom stereocenters. The lowest BCUT2D eigenvalue weighted by molar-refractivity contribution is 0.136. The maximum Gasteiger partial charge on any atom is 0.414 e. The fourth-order valence-electron chi connectivity index (χ4n) is 3.64. The molecule has 2 aliphatic rings. The predicted octanol–water partition coefficient (Wildman–Crippen LogP) is 3.76. The molecule has 0 unspecified atom stereocenters. The van der Waals surface area contributed by atoms with Gasteiger partial charge in [0, 0.05) is 29.2 Å². The molecule has 0 aromatic heterocycles. The normalized spacial score (nSPS) is 18.9. The molecule has 0 aliphatic carbocycles. The zero-order valence-electron chi connectivity index (χ0n) is 14.5. The van der Waals surface area contributed by atoms with Crippen LogP contribution in [0.5, 0.6) is 0 Å². The molecule has 0 N–H and O–H groups in total. The summed E-state index contributed by atoms with van der Waals surface area (Å²) in [5, 5.41) is 0. The van der Waals surface area contributed by atoms with Gasteiger partial charge in [0.25, 0.3) is 0 Å². The third-order valence-corrected chi connectivity index (χ3v) is 7.41. The van der Waals surface area contributed by atoms with Gasteiger partial charge in [0.15, 0.2) is 0 Å². The van der Waals surface area contributed by atoms with Gasteiger partial charge < -0.3 is 4.74 Å². The van der Waals surface area contributed by atoms with Crippen molar-refractivity contribution in [3.05, 3.63) is 58.6 Å². The van der Waals surface area contributed by atoms with Crippen molar-refractivity contribution in [3.8, 4) is 0 Å². The summed E-state index contributed by atoms with van der Waals surface area (Å²) in [7, 11) is -3.54. The number of fused-ring (bicyclic) bond motifs is 1. The predicted molar refractivity (Wildman–Crippen MR) is 105 cm³/mol. The van der Waals surface area contributed by atoms with Crippen LogP contribution in [0.3, 0.4) is 0 Å². The molecule has 2 heterocycles. The maximum atomic E-state index is 12.9. The van der Waals surface area contributed by atoms with Gasteiger partial charge in [0.1, 0.15) is 6.61 Å². The summed E-state index contributed by atoms with van der Waals surface area (Å²) < 4.78 is 33.3. The van der Waals surface area contributed by atoms with Crippen LogP contribution in [0.4, 0.5) is 10.5 Å². The van der Waals surface area contributed by atoms with Gasteiger partial charge in [-0.25, -0.2) is 13.2 Å². The Morgan fingerprint density at radius 2 is 1.78 bits per heavy atom. The van der Waals surface area contributed by atoms with Gasteiger partial charge in [-0.3, -0.25) is 4.90 Å². The molecule has 0 spiro atoms. The van der Waals surface area contributed by atoms with E-state index in [0.717, 1.165) is 15.7 Å². The second kappa shape index (κ2) is 7.26. The second-order valence-corrected chi connectivity index (χ2v) is 9.50. The molecular formula is C19H19BrN2O4S. The number of hydrogen-bond donors (Lipinski definition) is 0. The quantitative estimate of drug-likeness (QED) is 0.713. The standard InChI is InChI=1S/C19H19BrN2O4S/c20-15-5-3-6-17(12-15)27(24,25)21-10-8-16(9-11-21)22-18-7-2-1-4-14(18)13-26-19(22)23/h1-7,12,16H,8-11,13H2. The lowest BCUT2D eigenvalue weighted by atomic mass is 10.0. The van der Waals surface area contributed by atoms with Crippen LogP contribution in [0.15, 0.2) is 57.9 Å². The Bertz CT molecular complexity index is 971. The molecule has 27 heavy (non-hydrogen) atoms. The lowest BCUT2D eigenvalue weighted by Crippen LogP contribution is -2.50. The van der Waals surface area contributed by atoms with Crippen molar-refractivity contribution in [1.82, 2.24) is 4.31 Å². The van der Waals surface area contributed by atoms with Gasteiger partial charge in [0.2, 0.25) is 10.0 Å². The topological polar surface area (TPSA) is 66.9 Å². The molecule has 1 amide bonds. The highest BCUT2D eigenvalue weighted by Crippen LogP contribution is 2.33. The molecule has 2 aromatic carbocycles. The number of hydrogen-bond acceptors (Lipinski definition) is 4. The molecule has 2 aliphatic heterocycles. The molecule has 0 bridgehead atoms. The molecule has 4 rings (SSSR count). The lowest BCUT2D eigenvalue weighted by Gasteiger charge is -2.39. The van der Waals surface area contributed by atoms with Crippen LogP contribution in [-0.2, 0) is 21.4 Å². The summed E-state index contributed by atoms with van der Waals surface area (Å²) in [5.41, 5.74) is 1.84. The van der Waals surface area contributed by atoms with Crippen molar-refractivity contribution in [2.45, 2.75) is 30.4 Å². The van der Waals surface area contributed by atoms with Gasteiger partial charge in [-0.1, -0.05) is 40.2 Å². The fourth-order valence-corrected chi connectivity index (χ4v) is 5.71. The van der Waals surface area contributed by atoms with Crippen LogP contribution in [-0.4, -0.2) is 37.9 Å². The molecule has 1 saturated heterocycles. The minimum atomic E-state index is -3.54. The Hall–Kier alpha value is -1.90. The van der Waals surface area contributed by atoms with Gasteiger partial charge in [0.05, 0.1) is 10.6 Å². The summed E-state index contributed by atoms with van der Waals surface area (Å²) in [5.74, 6) is 0. The molecule has 1 fully saturated rings. The summed E-state index contributed by atoms with van der Waals surface area (Å²) in [4.78, 5) is 14.3. The Morgan fingerprint density at radius 1 is 1.04 bits per heavy atom. The largest absolute Gasteiger partial charge is 0.444 e. The zero-order chi connectivity index (χ0) is 19.0. The van der Waals surface area contributed by atoms with Crippen molar-refractivity contribution in [2.75, 3.05) is 18.0 Å². The molecular weight excluding hydrogens is 432 g/mol. The maximum absolute atomic E-state index is 12.9. The van der Waals surface area contributed by atoms with Crippen molar-refractivity contribution >= 4 is 37.7 Å². The number of carbonyl (C=O) groups is 1. The third-order valence-electron chi connectivity index (χ3n) is 5.02. The Morgan fingerprint density at radius 3 is 2.52 bits per heavy atom. The Kier molecular flexibility index (Phi) is 4.96. The number of cyclic esters (lactones) is 1. The van der Waals surface area contributed by atoms with Crippen LogP contribution in [0.1, 0.15) is 18.4 Å². The van der Waals surface area contributed by atoms with E-state index in [1.54, 1.807) is 29.2 Å². The van der Waals surface area contributed by atoms with E-state index in [2.05, 4.69) is 15.9 Å². The minimum absolute atomic E-state index is 0.0760. The highest BCUT2D eigenvalue weighted by atomic mass is 79.9. The van der Waals surface area contributed by atoms with Crippen molar-refractivity contribution in [1.29, 1.82) is 0 Å². The zero-order valence-corrected chi connectivity index (χ0v) is 16.9.